The van der Waals surface area contributed by atoms with Gasteiger partial charge in [-0.15, -0.1) is 5.10 Å². The maximum absolute atomic E-state index is 5.63. The lowest BCUT2D eigenvalue weighted by molar-refractivity contribution is 0.793. The van der Waals surface area contributed by atoms with Crippen LogP contribution >= 0.6 is 0 Å². The van der Waals surface area contributed by atoms with E-state index in [0.29, 0.717) is 17.2 Å². The highest BCUT2D eigenvalue weighted by Gasteiger charge is 2.22. The van der Waals surface area contributed by atoms with Crippen LogP contribution in [0.2, 0.25) is 0 Å². The molecule has 0 saturated carbocycles. The average Bonchev–Trinajstić information content (AvgIpc) is 2.84. The van der Waals surface area contributed by atoms with E-state index in [4.69, 9.17) is 5.73 Å². The number of fused-ring (bicyclic) bond motifs is 5. The molecule has 0 fully saturated rings. The number of nitrogens with zero attached hydrogens (tertiary/aromatic N) is 6. The highest BCUT2D eigenvalue weighted by atomic mass is 15.5. The Morgan fingerprint density at radius 3 is 3.05 bits per heavy atom. The topological polar surface area (TPSA) is 107 Å². The van der Waals surface area contributed by atoms with Crippen LogP contribution in [0.15, 0.2) is 30.5 Å². The number of aromatic nitrogens is 6. The van der Waals surface area contributed by atoms with Crippen molar-refractivity contribution in [2.24, 2.45) is 0 Å². The molecule has 0 radical (unpaired) electrons. The van der Waals surface area contributed by atoms with Crippen LogP contribution in [-0.4, -0.2) is 30.2 Å². The molecule has 0 bridgehead atoms. The molecule has 1 aliphatic heterocycles. The summed E-state index contributed by atoms with van der Waals surface area (Å²) in [5, 5.41) is 15.0. The maximum Gasteiger partial charge on any atom is 0.221 e. The molecule has 19 heavy (non-hydrogen) atoms. The van der Waals surface area contributed by atoms with E-state index in [1.165, 1.54) is 0 Å². The predicted molar refractivity (Wildman–Crippen MR) is 67.9 cm³/mol. The van der Waals surface area contributed by atoms with Crippen LogP contribution in [0.3, 0.4) is 0 Å². The van der Waals surface area contributed by atoms with Crippen LogP contribution in [0, 0.1) is 0 Å². The van der Waals surface area contributed by atoms with E-state index in [1.807, 2.05) is 24.3 Å². The number of anilines is 3. The van der Waals surface area contributed by atoms with Gasteiger partial charge in [-0.3, -0.25) is 0 Å². The van der Waals surface area contributed by atoms with E-state index in [9.17, 15) is 0 Å². The highest BCUT2D eigenvalue weighted by Crippen LogP contribution is 2.34. The zero-order chi connectivity index (χ0) is 12.8. The normalized spacial score (nSPS) is 11.8. The molecule has 3 N–H and O–H groups in total. The zero-order valence-electron chi connectivity index (χ0n) is 9.65. The maximum atomic E-state index is 5.63. The van der Waals surface area contributed by atoms with Crippen molar-refractivity contribution in [1.82, 2.24) is 30.2 Å². The molecule has 4 rings (SSSR count). The van der Waals surface area contributed by atoms with Crippen LogP contribution in [-0.2, 0) is 0 Å². The second kappa shape index (κ2) is 3.48. The van der Waals surface area contributed by atoms with Gasteiger partial charge < -0.3 is 11.1 Å². The van der Waals surface area contributed by atoms with E-state index in [1.54, 1.807) is 10.9 Å². The third-order valence-corrected chi connectivity index (χ3v) is 2.90. The van der Waals surface area contributed by atoms with Crippen molar-refractivity contribution in [2.75, 3.05) is 11.1 Å². The van der Waals surface area contributed by atoms with Crippen LogP contribution in [0.4, 0.5) is 17.5 Å². The third kappa shape index (κ3) is 1.36. The van der Waals surface area contributed by atoms with E-state index >= 15 is 0 Å². The number of nitrogen functional groups attached to an aromatic ring is 1. The molecule has 0 spiro atoms. The summed E-state index contributed by atoms with van der Waals surface area (Å²) >= 11 is 0. The van der Waals surface area contributed by atoms with E-state index in [0.717, 1.165) is 11.4 Å². The third-order valence-electron chi connectivity index (χ3n) is 2.90. The molecule has 3 aromatic rings. The molecule has 0 atom stereocenters. The van der Waals surface area contributed by atoms with E-state index in [2.05, 4.69) is 30.8 Å². The largest absolute Gasteiger partial charge is 0.368 e. The van der Waals surface area contributed by atoms with Crippen molar-refractivity contribution in [3.05, 3.63) is 30.5 Å². The Morgan fingerprint density at radius 2 is 2.11 bits per heavy atom. The first-order valence-corrected chi connectivity index (χ1v) is 5.60. The van der Waals surface area contributed by atoms with Crippen LogP contribution in [0.1, 0.15) is 0 Å². The van der Waals surface area contributed by atoms with Gasteiger partial charge in [0.25, 0.3) is 0 Å². The van der Waals surface area contributed by atoms with E-state index in [-0.39, 0.29) is 5.95 Å². The van der Waals surface area contributed by atoms with Crippen molar-refractivity contribution in [3.8, 4) is 17.1 Å². The quantitative estimate of drug-likeness (QED) is 0.475. The Hall–Kier alpha value is -3.03. The lowest BCUT2D eigenvalue weighted by Crippen LogP contribution is -2.01. The van der Waals surface area contributed by atoms with Crippen molar-refractivity contribution in [3.63, 3.8) is 0 Å². The van der Waals surface area contributed by atoms with Gasteiger partial charge in [-0.2, -0.15) is 9.67 Å². The first-order chi connectivity index (χ1) is 9.33. The monoisotopic (exact) mass is 252 g/mol. The number of hydrogen-bond donors (Lipinski definition) is 2. The molecule has 0 saturated heterocycles. The van der Waals surface area contributed by atoms with Gasteiger partial charge in [0.2, 0.25) is 5.95 Å². The Morgan fingerprint density at radius 1 is 1.21 bits per heavy atom. The summed E-state index contributed by atoms with van der Waals surface area (Å²) in [6.07, 6.45) is 1.61. The lowest BCUT2D eigenvalue weighted by atomic mass is 10.2. The Kier molecular flexibility index (Phi) is 1.82. The number of rotatable bonds is 0. The second-order valence-corrected chi connectivity index (χ2v) is 4.05. The van der Waals surface area contributed by atoms with Gasteiger partial charge in [-0.05, 0) is 22.6 Å². The first kappa shape index (κ1) is 9.95. The van der Waals surface area contributed by atoms with Crippen LogP contribution < -0.4 is 11.1 Å². The molecule has 1 aromatic carbocycles. The van der Waals surface area contributed by atoms with Crippen molar-refractivity contribution < 1.29 is 0 Å². The second-order valence-electron chi connectivity index (χ2n) is 4.05. The van der Waals surface area contributed by atoms with Crippen molar-refractivity contribution in [1.29, 1.82) is 0 Å². The molecule has 0 unspecified atom stereocenters. The van der Waals surface area contributed by atoms with Crippen LogP contribution in [0.5, 0.6) is 0 Å². The molecule has 92 valence electrons. The molecular weight excluding hydrogens is 244 g/mol. The number of nitrogens with one attached hydrogen (secondary N) is 1. The summed E-state index contributed by atoms with van der Waals surface area (Å²) < 4.78 is 1.65. The average molecular weight is 252 g/mol. The Labute approximate surface area is 107 Å². The molecular formula is C11H8N8. The van der Waals surface area contributed by atoms with E-state index < -0.39 is 0 Å². The number of nitrogens with two attached hydrogens (primary N) is 1. The van der Waals surface area contributed by atoms with Gasteiger partial charge in [-0.25, -0.2) is 4.98 Å². The summed E-state index contributed by atoms with van der Waals surface area (Å²) in [7, 11) is 0. The number of benzene rings is 1. The number of para-hydroxylation sites is 2. The number of tetrazole rings is 1. The van der Waals surface area contributed by atoms with Gasteiger partial charge in [0.15, 0.2) is 5.82 Å². The van der Waals surface area contributed by atoms with Gasteiger partial charge in [-0.1, -0.05) is 12.1 Å². The molecule has 3 heterocycles. The Balaban J connectivity index is 2.09. The highest BCUT2D eigenvalue weighted by molar-refractivity contribution is 5.81. The molecule has 0 amide bonds. The summed E-state index contributed by atoms with van der Waals surface area (Å²) in [5.41, 5.74) is 8.03. The fourth-order valence-corrected chi connectivity index (χ4v) is 2.06. The fraction of sp³-hybridized carbons (Fsp3) is 0. The summed E-state index contributed by atoms with van der Waals surface area (Å²) in [4.78, 5) is 8.19. The molecule has 8 nitrogen and oxygen atoms in total. The zero-order valence-corrected chi connectivity index (χ0v) is 9.65. The van der Waals surface area contributed by atoms with Crippen LogP contribution in [0.25, 0.3) is 17.1 Å². The van der Waals surface area contributed by atoms with Gasteiger partial charge in [0.05, 0.1) is 16.9 Å². The van der Waals surface area contributed by atoms with Gasteiger partial charge >= 0.3 is 0 Å². The Bertz CT molecular complexity index is 778. The van der Waals surface area contributed by atoms with Crippen molar-refractivity contribution >= 4 is 17.5 Å². The summed E-state index contributed by atoms with van der Waals surface area (Å²) in [5.74, 6) is 1.37. The first-order valence-electron chi connectivity index (χ1n) is 5.60. The minimum atomic E-state index is 0.199. The van der Waals surface area contributed by atoms with Crippen molar-refractivity contribution in [2.45, 2.75) is 0 Å². The minimum absolute atomic E-state index is 0.199. The molecule has 0 aliphatic carbocycles. The summed E-state index contributed by atoms with van der Waals surface area (Å²) in [6, 6.07) is 7.69. The fourth-order valence-electron chi connectivity index (χ4n) is 2.06. The molecule has 8 heteroatoms. The smallest absolute Gasteiger partial charge is 0.221 e. The molecule has 1 aliphatic rings. The van der Waals surface area contributed by atoms with Gasteiger partial charge in [0.1, 0.15) is 5.82 Å². The molecule has 2 aromatic heterocycles. The predicted octanol–water partition coefficient (Wildman–Crippen LogP) is 0.758. The van der Waals surface area contributed by atoms with Gasteiger partial charge in [0, 0.05) is 6.20 Å². The standard InChI is InChI=1S/C11H8N8/c12-11-13-5-6-9(15-11)14-7-3-1-2-4-8(7)19-10(6)16-17-18-19/h1-5H,(H3,12,13,14,15). The SMILES string of the molecule is Nc1ncc2c(n1)Nc1ccccc1-n1nnnc1-2. The lowest BCUT2D eigenvalue weighted by Gasteiger charge is -2.07. The number of hydrogen-bond acceptors (Lipinski definition) is 7. The summed E-state index contributed by atoms with van der Waals surface area (Å²) in [6.45, 7) is 0. The minimum Gasteiger partial charge on any atom is -0.368 e.